The monoisotopic (exact) mass is 261 g/mol. The first-order valence-corrected chi connectivity index (χ1v) is 6.93. The van der Waals surface area contributed by atoms with Gasteiger partial charge in [0.2, 0.25) is 0 Å². The third-order valence-electron chi connectivity index (χ3n) is 2.80. The summed E-state index contributed by atoms with van der Waals surface area (Å²) in [6.45, 7) is 0. The van der Waals surface area contributed by atoms with Crippen molar-refractivity contribution in [1.29, 1.82) is 0 Å². The van der Waals surface area contributed by atoms with Crippen LogP contribution in [0.3, 0.4) is 0 Å². The van der Waals surface area contributed by atoms with Gasteiger partial charge in [-0.1, -0.05) is 12.1 Å². The Morgan fingerprint density at radius 3 is 2.50 bits per heavy atom. The van der Waals surface area contributed by atoms with Crippen LogP contribution in [-0.4, -0.2) is 14.7 Å². The summed E-state index contributed by atoms with van der Waals surface area (Å²) in [5, 5.41) is 0. The van der Waals surface area contributed by atoms with Gasteiger partial charge in [0.25, 0.3) is 0 Å². The molecule has 5 heteroatoms. The summed E-state index contributed by atoms with van der Waals surface area (Å²) in [5.74, 6) is 0.541. The molecule has 0 radical (unpaired) electrons. The van der Waals surface area contributed by atoms with Gasteiger partial charge in [-0.2, -0.15) is 0 Å². The van der Waals surface area contributed by atoms with E-state index in [0.717, 1.165) is 18.4 Å². The molecule has 0 aliphatic heterocycles. The Balaban J connectivity index is 0.00000128. The summed E-state index contributed by atoms with van der Waals surface area (Å²) < 4.78 is 22.7. The van der Waals surface area contributed by atoms with E-state index in [9.17, 15) is 8.42 Å². The first kappa shape index (κ1) is 13.5. The van der Waals surface area contributed by atoms with Crippen LogP contribution in [0.4, 0.5) is 0 Å². The third-order valence-corrected chi connectivity index (χ3v) is 3.91. The SMILES string of the molecule is CS(=O)(=O)c1cccc([C@@H](N)C2CC2)c1.Cl. The number of halogens is 1. The van der Waals surface area contributed by atoms with E-state index in [1.54, 1.807) is 18.2 Å². The first-order chi connectivity index (χ1) is 6.98. The summed E-state index contributed by atoms with van der Waals surface area (Å²) >= 11 is 0. The Bertz CT molecular complexity index is 469. The van der Waals surface area contributed by atoms with Crippen molar-refractivity contribution in [2.75, 3.05) is 6.26 Å². The maximum Gasteiger partial charge on any atom is 0.175 e. The summed E-state index contributed by atoms with van der Waals surface area (Å²) in [5.41, 5.74) is 6.95. The largest absolute Gasteiger partial charge is 0.324 e. The van der Waals surface area contributed by atoms with Gasteiger partial charge in [-0.25, -0.2) is 8.42 Å². The first-order valence-electron chi connectivity index (χ1n) is 5.04. The molecule has 1 aliphatic carbocycles. The molecule has 0 bridgehead atoms. The van der Waals surface area contributed by atoms with Crippen molar-refractivity contribution in [2.24, 2.45) is 11.7 Å². The molecule has 0 saturated heterocycles. The summed E-state index contributed by atoms with van der Waals surface area (Å²) in [6.07, 6.45) is 3.53. The van der Waals surface area contributed by atoms with Crippen molar-refractivity contribution < 1.29 is 8.42 Å². The molecule has 1 aromatic carbocycles. The highest BCUT2D eigenvalue weighted by Crippen LogP contribution is 2.39. The van der Waals surface area contributed by atoms with Crippen LogP contribution in [0.25, 0.3) is 0 Å². The van der Waals surface area contributed by atoms with Gasteiger partial charge < -0.3 is 5.73 Å². The molecule has 0 heterocycles. The fraction of sp³-hybridized carbons (Fsp3) is 0.455. The second-order valence-electron chi connectivity index (χ2n) is 4.21. The highest BCUT2D eigenvalue weighted by atomic mass is 35.5. The highest BCUT2D eigenvalue weighted by Gasteiger charge is 2.29. The molecule has 1 aliphatic rings. The van der Waals surface area contributed by atoms with E-state index in [-0.39, 0.29) is 18.4 Å². The topological polar surface area (TPSA) is 60.2 Å². The lowest BCUT2D eigenvalue weighted by Gasteiger charge is -2.11. The lowest BCUT2D eigenvalue weighted by Crippen LogP contribution is -2.12. The average Bonchev–Trinajstić information content (AvgIpc) is 2.99. The van der Waals surface area contributed by atoms with Crippen molar-refractivity contribution in [2.45, 2.75) is 23.8 Å². The van der Waals surface area contributed by atoms with E-state index in [0.29, 0.717) is 10.8 Å². The summed E-state index contributed by atoms with van der Waals surface area (Å²) in [6, 6.07) is 6.95. The molecule has 1 aromatic rings. The van der Waals surface area contributed by atoms with Crippen molar-refractivity contribution >= 4 is 22.2 Å². The predicted octanol–water partition coefficient (Wildman–Crippen LogP) is 1.92. The zero-order valence-electron chi connectivity index (χ0n) is 9.09. The lowest BCUT2D eigenvalue weighted by molar-refractivity contribution is 0.600. The van der Waals surface area contributed by atoms with Gasteiger partial charge in [-0.15, -0.1) is 12.4 Å². The van der Waals surface area contributed by atoms with Gasteiger partial charge in [-0.05, 0) is 36.5 Å². The van der Waals surface area contributed by atoms with Gasteiger partial charge in [0.05, 0.1) is 4.90 Å². The van der Waals surface area contributed by atoms with Crippen LogP contribution in [0.2, 0.25) is 0 Å². The normalized spacial score (nSPS) is 17.6. The van der Waals surface area contributed by atoms with E-state index >= 15 is 0 Å². The van der Waals surface area contributed by atoms with E-state index < -0.39 is 9.84 Å². The number of hydrogen-bond donors (Lipinski definition) is 1. The van der Waals surface area contributed by atoms with Crippen molar-refractivity contribution in [1.82, 2.24) is 0 Å². The van der Waals surface area contributed by atoms with Crippen molar-refractivity contribution in [3.63, 3.8) is 0 Å². The highest BCUT2D eigenvalue weighted by molar-refractivity contribution is 7.90. The quantitative estimate of drug-likeness (QED) is 0.904. The number of rotatable bonds is 3. The summed E-state index contributed by atoms with van der Waals surface area (Å²) in [7, 11) is -3.12. The molecule has 0 amide bonds. The van der Waals surface area contributed by atoms with Crippen LogP contribution in [0.1, 0.15) is 24.4 Å². The van der Waals surface area contributed by atoms with Crippen LogP contribution >= 0.6 is 12.4 Å². The molecule has 3 nitrogen and oxygen atoms in total. The Morgan fingerprint density at radius 1 is 1.38 bits per heavy atom. The number of benzene rings is 1. The van der Waals surface area contributed by atoms with Gasteiger partial charge >= 0.3 is 0 Å². The molecular formula is C11H16ClNO2S. The Kier molecular flexibility index (Phi) is 3.99. The van der Waals surface area contributed by atoms with Gasteiger partial charge in [0.1, 0.15) is 0 Å². The minimum absolute atomic E-state index is 0. The van der Waals surface area contributed by atoms with E-state index in [1.165, 1.54) is 6.26 Å². The van der Waals surface area contributed by atoms with Crippen LogP contribution in [0.15, 0.2) is 29.2 Å². The third kappa shape index (κ3) is 2.97. The summed E-state index contributed by atoms with van der Waals surface area (Å²) in [4.78, 5) is 0.358. The molecule has 1 atom stereocenters. The number of nitrogens with two attached hydrogens (primary N) is 1. The van der Waals surface area contributed by atoms with Crippen LogP contribution in [0, 0.1) is 5.92 Å². The Morgan fingerprint density at radius 2 is 2.00 bits per heavy atom. The molecule has 0 aromatic heterocycles. The second-order valence-corrected chi connectivity index (χ2v) is 6.22. The van der Waals surface area contributed by atoms with Crippen molar-refractivity contribution in [3.05, 3.63) is 29.8 Å². The van der Waals surface area contributed by atoms with Crippen LogP contribution in [0.5, 0.6) is 0 Å². The zero-order chi connectivity index (χ0) is 11.1. The molecular weight excluding hydrogens is 246 g/mol. The smallest absolute Gasteiger partial charge is 0.175 e. The fourth-order valence-corrected chi connectivity index (χ4v) is 2.36. The maximum atomic E-state index is 11.4. The molecule has 2 rings (SSSR count). The lowest BCUT2D eigenvalue weighted by atomic mass is 10.0. The zero-order valence-corrected chi connectivity index (χ0v) is 10.7. The minimum Gasteiger partial charge on any atom is -0.324 e. The van der Waals surface area contributed by atoms with Gasteiger partial charge in [-0.3, -0.25) is 0 Å². The Labute approximate surface area is 102 Å². The van der Waals surface area contributed by atoms with E-state index in [4.69, 9.17) is 5.73 Å². The van der Waals surface area contributed by atoms with Crippen LogP contribution < -0.4 is 5.73 Å². The minimum atomic E-state index is -3.12. The van der Waals surface area contributed by atoms with E-state index in [2.05, 4.69) is 0 Å². The fourth-order valence-electron chi connectivity index (χ4n) is 1.68. The second kappa shape index (κ2) is 4.73. The molecule has 0 unspecified atom stereocenters. The van der Waals surface area contributed by atoms with Crippen molar-refractivity contribution in [3.8, 4) is 0 Å². The number of hydrogen-bond acceptors (Lipinski definition) is 3. The molecule has 0 spiro atoms. The standard InChI is InChI=1S/C11H15NO2S.ClH/c1-15(13,14)10-4-2-3-9(7-10)11(12)8-5-6-8;/h2-4,7-8,11H,5-6,12H2,1H3;1H/t11-;/m0./s1. The van der Waals surface area contributed by atoms with Gasteiger partial charge in [0, 0.05) is 12.3 Å². The molecule has 90 valence electrons. The number of sulfone groups is 1. The molecule has 1 saturated carbocycles. The maximum absolute atomic E-state index is 11.4. The van der Waals surface area contributed by atoms with E-state index in [1.807, 2.05) is 6.07 Å². The Hall–Kier alpha value is -0.580. The molecule has 2 N–H and O–H groups in total. The molecule has 1 fully saturated rings. The predicted molar refractivity (Wildman–Crippen MR) is 66.5 cm³/mol. The van der Waals surface area contributed by atoms with Crippen LogP contribution in [-0.2, 0) is 9.84 Å². The average molecular weight is 262 g/mol. The van der Waals surface area contributed by atoms with Gasteiger partial charge in [0.15, 0.2) is 9.84 Å². The molecule has 16 heavy (non-hydrogen) atoms.